The molecule has 1 fully saturated rings. The average Bonchev–Trinajstić information content (AvgIpc) is 2.78. The Hall–Kier alpha value is -2.86. The Labute approximate surface area is 178 Å². The zero-order chi connectivity index (χ0) is 21.3. The second-order valence-corrected chi connectivity index (χ2v) is 7.64. The Morgan fingerprint density at radius 1 is 1.07 bits per heavy atom. The number of carbonyl (C=O) groups excluding carboxylic acids is 2. The molecule has 6 nitrogen and oxygen atoms in total. The number of nitrogens with zero attached hydrogens (tertiary/aromatic N) is 2. The lowest BCUT2D eigenvalue weighted by Crippen LogP contribution is -2.38. The van der Waals surface area contributed by atoms with Crippen LogP contribution in [0.25, 0.3) is 0 Å². The number of ether oxygens (including phenoxy) is 1. The molecule has 1 saturated heterocycles. The summed E-state index contributed by atoms with van der Waals surface area (Å²) in [4.78, 5) is 29.3. The standard InChI is InChI=1S/C24H31N3O3/c1-3-7-22(19-8-5-4-6-9-19)24(29)26(2)18-23(28)25-20-10-12-21(13-11-20)27-14-16-30-17-15-27/h4-6,8-13,22H,3,7,14-18H2,1-2H3,(H,25,28)/t22-/m1/s1. The van der Waals surface area contributed by atoms with Gasteiger partial charge in [0.2, 0.25) is 11.8 Å². The van der Waals surface area contributed by atoms with Gasteiger partial charge in [0.05, 0.1) is 25.7 Å². The second kappa shape index (κ2) is 10.8. The van der Waals surface area contributed by atoms with Gasteiger partial charge in [-0.3, -0.25) is 9.59 Å². The van der Waals surface area contributed by atoms with E-state index in [0.29, 0.717) is 0 Å². The molecule has 2 aromatic carbocycles. The van der Waals surface area contributed by atoms with E-state index in [1.54, 1.807) is 7.05 Å². The minimum atomic E-state index is -0.221. The fourth-order valence-corrected chi connectivity index (χ4v) is 3.74. The number of morpholine rings is 1. The molecule has 160 valence electrons. The van der Waals surface area contributed by atoms with Gasteiger partial charge in [0, 0.05) is 31.5 Å². The molecule has 0 unspecified atom stereocenters. The Bertz CT molecular complexity index is 817. The van der Waals surface area contributed by atoms with Crippen molar-refractivity contribution in [2.75, 3.05) is 50.1 Å². The summed E-state index contributed by atoms with van der Waals surface area (Å²) in [6.45, 7) is 5.31. The summed E-state index contributed by atoms with van der Waals surface area (Å²) in [5.41, 5.74) is 2.84. The molecule has 1 aliphatic rings. The van der Waals surface area contributed by atoms with Crippen molar-refractivity contribution in [1.29, 1.82) is 0 Å². The molecule has 1 aliphatic heterocycles. The predicted molar refractivity (Wildman–Crippen MR) is 120 cm³/mol. The highest BCUT2D eigenvalue weighted by Gasteiger charge is 2.24. The molecule has 2 aromatic rings. The van der Waals surface area contributed by atoms with Crippen LogP contribution in [0.5, 0.6) is 0 Å². The third-order valence-electron chi connectivity index (χ3n) is 5.36. The first kappa shape index (κ1) is 21.8. The molecule has 0 saturated carbocycles. The molecule has 3 rings (SSSR count). The van der Waals surface area contributed by atoms with Crippen molar-refractivity contribution in [3.05, 3.63) is 60.2 Å². The molecule has 0 aromatic heterocycles. The van der Waals surface area contributed by atoms with Crippen molar-refractivity contribution in [2.45, 2.75) is 25.7 Å². The van der Waals surface area contributed by atoms with Crippen LogP contribution in [0.4, 0.5) is 11.4 Å². The van der Waals surface area contributed by atoms with Crippen LogP contribution in [0.15, 0.2) is 54.6 Å². The zero-order valence-electron chi connectivity index (χ0n) is 17.8. The van der Waals surface area contributed by atoms with E-state index >= 15 is 0 Å². The van der Waals surface area contributed by atoms with Crippen LogP contribution in [-0.2, 0) is 14.3 Å². The third kappa shape index (κ3) is 5.83. The molecule has 0 spiro atoms. The van der Waals surface area contributed by atoms with Gasteiger partial charge < -0.3 is 19.9 Å². The summed E-state index contributed by atoms with van der Waals surface area (Å²) >= 11 is 0. The van der Waals surface area contributed by atoms with E-state index < -0.39 is 0 Å². The fraction of sp³-hybridized carbons (Fsp3) is 0.417. The normalized spacial score (nSPS) is 14.8. The fourth-order valence-electron chi connectivity index (χ4n) is 3.74. The van der Waals surface area contributed by atoms with E-state index in [1.807, 2.05) is 54.6 Å². The van der Waals surface area contributed by atoms with Gasteiger partial charge >= 0.3 is 0 Å². The minimum Gasteiger partial charge on any atom is -0.378 e. The average molecular weight is 410 g/mol. The number of amides is 2. The predicted octanol–water partition coefficient (Wildman–Crippen LogP) is 3.50. The maximum absolute atomic E-state index is 13.0. The number of anilines is 2. The van der Waals surface area contributed by atoms with Gasteiger partial charge in [-0.05, 0) is 36.2 Å². The SMILES string of the molecule is CCC[C@@H](C(=O)N(C)CC(=O)Nc1ccc(N2CCOCC2)cc1)c1ccccc1. The molecular formula is C24H31N3O3. The maximum Gasteiger partial charge on any atom is 0.243 e. The van der Waals surface area contributed by atoms with Crippen molar-refractivity contribution in [3.8, 4) is 0 Å². The molecule has 0 aliphatic carbocycles. The van der Waals surface area contributed by atoms with Gasteiger partial charge in [-0.1, -0.05) is 43.7 Å². The Balaban J connectivity index is 1.56. The lowest BCUT2D eigenvalue weighted by Gasteiger charge is -2.29. The first-order chi connectivity index (χ1) is 14.6. The van der Waals surface area contributed by atoms with Crippen LogP contribution < -0.4 is 10.2 Å². The van der Waals surface area contributed by atoms with Crippen LogP contribution >= 0.6 is 0 Å². The molecule has 30 heavy (non-hydrogen) atoms. The number of benzene rings is 2. The van der Waals surface area contributed by atoms with E-state index in [1.165, 1.54) is 4.90 Å². The maximum atomic E-state index is 13.0. The number of likely N-dealkylation sites (N-methyl/N-ethyl adjacent to an activating group) is 1. The smallest absolute Gasteiger partial charge is 0.243 e. The van der Waals surface area contributed by atoms with Crippen LogP contribution in [0.3, 0.4) is 0 Å². The summed E-state index contributed by atoms with van der Waals surface area (Å²) in [6, 6.07) is 17.6. The zero-order valence-corrected chi connectivity index (χ0v) is 17.8. The quantitative estimate of drug-likeness (QED) is 0.725. The topological polar surface area (TPSA) is 61.9 Å². The molecule has 6 heteroatoms. The van der Waals surface area contributed by atoms with Gasteiger partial charge in [-0.15, -0.1) is 0 Å². The van der Waals surface area contributed by atoms with Crippen molar-refractivity contribution in [1.82, 2.24) is 4.90 Å². The Morgan fingerprint density at radius 3 is 2.37 bits per heavy atom. The van der Waals surface area contributed by atoms with Crippen molar-refractivity contribution in [3.63, 3.8) is 0 Å². The summed E-state index contributed by atoms with van der Waals surface area (Å²) in [7, 11) is 1.69. The molecule has 1 atom stereocenters. The van der Waals surface area contributed by atoms with Gasteiger partial charge in [0.15, 0.2) is 0 Å². The minimum absolute atomic E-state index is 0.0249. The van der Waals surface area contributed by atoms with Gasteiger partial charge in [-0.2, -0.15) is 0 Å². The Morgan fingerprint density at radius 2 is 1.73 bits per heavy atom. The summed E-state index contributed by atoms with van der Waals surface area (Å²) in [5.74, 6) is -0.448. The highest BCUT2D eigenvalue weighted by Crippen LogP contribution is 2.23. The van der Waals surface area contributed by atoms with Crippen LogP contribution in [0, 0.1) is 0 Å². The van der Waals surface area contributed by atoms with E-state index in [2.05, 4.69) is 17.1 Å². The van der Waals surface area contributed by atoms with Gasteiger partial charge in [0.25, 0.3) is 0 Å². The molecule has 0 radical (unpaired) electrons. The molecular weight excluding hydrogens is 378 g/mol. The van der Waals surface area contributed by atoms with Crippen molar-refractivity contribution in [2.24, 2.45) is 0 Å². The number of carbonyl (C=O) groups is 2. The largest absolute Gasteiger partial charge is 0.378 e. The number of rotatable bonds is 8. The highest BCUT2D eigenvalue weighted by molar-refractivity contribution is 5.95. The second-order valence-electron chi connectivity index (χ2n) is 7.64. The van der Waals surface area contributed by atoms with Gasteiger partial charge in [-0.25, -0.2) is 0 Å². The van der Waals surface area contributed by atoms with E-state index in [0.717, 1.165) is 56.1 Å². The third-order valence-corrected chi connectivity index (χ3v) is 5.36. The summed E-state index contributed by atoms with van der Waals surface area (Å²) in [6.07, 6.45) is 1.67. The lowest BCUT2D eigenvalue weighted by molar-refractivity contribution is -0.134. The lowest BCUT2D eigenvalue weighted by atomic mass is 9.93. The van der Waals surface area contributed by atoms with E-state index in [4.69, 9.17) is 4.74 Å². The molecule has 1 N–H and O–H groups in total. The first-order valence-electron chi connectivity index (χ1n) is 10.6. The van der Waals surface area contributed by atoms with Crippen LogP contribution in [0.1, 0.15) is 31.2 Å². The number of hydrogen-bond donors (Lipinski definition) is 1. The van der Waals surface area contributed by atoms with Gasteiger partial charge in [0.1, 0.15) is 0 Å². The highest BCUT2D eigenvalue weighted by atomic mass is 16.5. The van der Waals surface area contributed by atoms with Crippen LogP contribution in [-0.4, -0.2) is 56.6 Å². The monoisotopic (exact) mass is 409 g/mol. The molecule has 2 amide bonds. The van der Waals surface area contributed by atoms with E-state index in [-0.39, 0.29) is 24.3 Å². The molecule has 1 heterocycles. The first-order valence-corrected chi connectivity index (χ1v) is 10.6. The number of hydrogen-bond acceptors (Lipinski definition) is 4. The van der Waals surface area contributed by atoms with Crippen molar-refractivity contribution >= 4 is 23.2 Å². The van der Waals surface area contributed by atoms with Crippen molar-refractivity contribution < 1.29 is 14.3 Å². The molecule has 0 bridgehead atoms. The van der Waals surface area contributed by atoms with E-state index in [9.17, 15) is 9.59 Å². The Kier molecular flexibility index (Phi) is 7.85. The number of nitrogens with one attached hydrogen (secondary N) is 1. The summed E-state index contributed by atoms with van der Waals surface area (Å²) < 4.78 is 5.38. The summed E-state index contributed by atoms with van der Waals surface area (Å²) in [5, 5.41) is 2.89. The van der Waals surface area contributed by atoms with Crippen LogP contribution in [0.2, 0.25) is 0 Å².